The van der Waals surface area contributed by atoms with Crippen LogP contribution in [0.3, 0.4) is 0 Å². The van der Waals surface area contributed by atoms with Crippen molar-refractivity contribution in [1.29, 1.82) is 0 Å². The number of fused-ring (bicyclic) bond motifs is 1. The lowest BCUT2D eigenvalue weighted by Gasteiger charge is -2.06. The molecule has 9 heteroatoms. The van der Waals surface area contributed by atoms with E-state index in [2.05, 4.69) is 9.97 Å². The van der Waals surface area contributed by atoms with Gasteiger partial charge in [-0.2, -0.15) is 13.2 Å². The van der Waals surface area contributed by atoms with Gasteiger partial charge in [0.25, 0.3) is 5.91 Å². The summed E-state index contributed by atoms with van der Waals surface area (Å²) >= 11 is 7.01. The first-order chi connectivity index (χ1) is 13.8. The van der Waals surface area contributed by atoms with Crippen LogP contribution in [0.1, 0.15) is 9.67 Å². The highest BCUT2D eigenvalue weighted by Crippen LogP contribution is 2.30. The number of pyridine rings is 1. The van der Waals surface area contributed by atoms with Crippen molar-refractivity contribution in [2.75, 3.05) is 6.54 Å². The minimum Gasteiger partial charge on any atom is -0.342 e. The largest absolute Gasteiger partial charge is 0.405 e. The van der Waals surface area contributed by atoms with Gasteiger partial charge < -0.3 is 10.3 Å². The summed E-state index contributed by atoms with van der Waals surface area (Å²) in [6.07, 6.45) is -2.79. The number of aromatic amines is 1. The highest BCUT2D eigenvalue weighted by Gasteiger charge is 2.28. The smallest absolute Gasteiger partial charge is 0.342 e. The predicted molar refractivity (Wildman–Crippen MR) is 108 cm³/mol. The lowest BCUT2D eigenvalue weighted by molar-refractivity contribution is -0.123. The number of aromatic nitrogens is 2. The zero-order valence-electron chi connectivity index (χ0n) is 14.7. The summed E-state index contributed by atoms with van der Waals surface area (Å²) in [6.45, 7) is -1.36. The molecule has 1 aromatic carbocycles. The van der Waals surface area contributed by atoms with E-state index in [1.165, 1.54) is 0 Å². The van der Waals surface area contributed by atoms with Crippen molar-refractivity contribution in [2.24, 2.45) is 0 Å². The third kappa shape index (κ3) is 4.44. The monoisotopic (exact) mass is 435 g/mol. The maximum Gasteiger partial charge on any atom is 0.405 e. The van der Waals surface area contributed by atoms with E-state index in [1.807, 2.05) is 29.6 Å². The third-order valence-corrected chi connectivity index (χ3v) is 5.41. The van der Waals surface area contributed by atoms with Gasteiger partial charge in [0, 0.05) is 27.9 Å². The second-order valence-corrected chi connectivity index (χ2v) is 7.70. The van der Waals surface area contributed by atoms with E-state index in [4.69, 9.17) is 11.6 Å². The molecule has 0 fully saturated rings. The standard InChI is InChI=1S/C20H13ClF3N3OS/c21-15-3-1-11(2-4-15)16-6-12-5-13(8-25-18(12)27-16)14-7-17(29-9-14)19(28)26-10-20(22,23)24/h1-9H,10H2,(H,25,27)(H,26,28). The first kappa shape index (κ1) is 19.5. The quantitative estimate of drug-likeness (QED) is 0.419. The van der Waals surface area contributed by atoms with Gasteiger partial charge in [0.1, 0.15) is 12.2 Å². The van der Waals surface area contributed by atoms with E-state index >= 15 is 0 Å². The number of hydrogen-bond acceptors (Lipinski definition) is 3. The van der Waals surface area contributed by atoms with Gasteiger partial charge in [0.2, 0.25) is 0 Å². The summed E-state index contributed by atoms with van der Waals surface area (Å²) in [4.78, 5) is 19.8. The van der Waals surface area contributed by atoms with Crippen molar-refractivity contribution in [2.45, 2.75) is 6.18 Å². The number of carbonyl (C=O) groups excluding carboxylic acids is 1. The van der Waals surface area contributed by atoms with E-state index in [9.17, 15) is 18.0 Å². The lowest BCUT2D eigenvalue weighted by atomic mass is 10.1. The molecule has 0 aliphatic carbocycles. The summed E-state index contributed by atoms with van der Waals surface area (Å²) in [7, 11) is 0. The van der Waals surface area contributed by atoms with Gasteiger partial charge in [-0.25, -0.2) is 4.98 Å². The number of nitrogens with one attached hydrogen (secondary N) is 2. The number of H-pyrrole nitrogens is 1. The molecule has 29 heavy (non-hydrogen) atoms. The molecule has 0 aliphatic rings. The number of rotatable bonds is 4. The number of hydrogen-bond donors (Lipinski definition) is 2. The SMILES string of the molecule is O=C(NCC(F)(F)F)c1cc(-c2cnc3[nH]c(-c4ccc(Cl)cc4)cc3c2)cs1. The van der Waals surface area contributed by atoms with E-state index in [1.54, 1.807) is 29.8 Å². The van der Waals surface area contributed by atoms with Gasteiger partial charge in [-0.1, -0.05) is 23.7 Å². The van der Waals surface area contributed by atoms with Gasteiger partial charge in [0.05, 0.1) is 4.88 Å². The number of benzene rings is 1. The van der Waals surface area contributed by atoms with Crippen LogP contribution in [0.25, 0.3) is 33.4 Å². The number of thiophene rings is 1. The normalized spacial score (nSPS) is 11.7. The zero-order valence-corrected chi connectivity index (χ0v) is 16.3. The fourth-order valence-corrected chi connectivity index (χ4v) is 3.79. The molecule has 3 heterocycles. The predicted octanol–water partition coefficient (Wildman–Crippen LogP) is 5.90. The fraction of sp³-hybridized carbons (Fsp3) is 0.100. The molecule has 3 aromatic heterocycles. The van der Waals surface area contributed by atoms with Crippen LogP contribution >= 0.6 is 22.9 Å². The molecule has 1 amide bonds. The first-order valence-electron chi connectivity index (χ1n) is 8.47. The van der Waals surface area contributed by atoms with E-state index < -0.39 is 18.6 Å². The average molecular weight is 436 g/mol. The highest BCUT2D eigenvalue weighted by atomic mass is 35.5. The fourth-order valence-electron chi connectivity index (χ4n) is 2.83. The second kappa shape index (κ2) is 7.53. The third-order valence-electron chi connectivity index (χ3n) is 4.23. The number of halogens is 4. The molecule has 0 unspecified atom stereocenters. The van der Waals surface area contributed by atoms with Crippen molar-refractivity contribution in [3.63, 3.8) is 0 Å². The minimum atomic E-state index is -4.44. The van der Waals surface area contributed by atoms with Gasteiger partial charge in [-0.3, -0.25) is 4.79 Å². The van der Waals surface area contributed by atoms with Crippen LogP contribution in [0.4, 0.5) is 13.2 Å². The van der Waals surface area contributed by atoms with Crippen LogP contribution in [0.5, 0.6) is 0 Å². The Hall–Kier alpha value is -2.84. The topological polar surface area (TPSA) is 57.8 Å². The number of alkyl halides is 3. The van der Waals surface area contributed by atoms with Crippen LogP contribution < -0.4 is 5.32 Å². The number of amides is 1. The molecular weight excluding hydrogens is 423 g/mol. The molecule has 0 saturated carbocycles. The molecular formula is C20H13ClF3N3OS. The number of carbonyl (C=O) groups is 1. The number of nitrogens with zero attached hydrogens (tertiary/aromatic N) is 1. The first-order valence-corrected chi connectivity index (χ1v) is 9.73. The Labute approximate surface area is 172 Å². The van der Waals surface area contributed by atoms with Crippen molar-refractivity contribution >= 4 is 39.9 Å². The summed E-state index contributed by atoms with van der Waals surface area (Å²) in [5, 5.41) is 5.12. The Kier molecular flexibility index (Phi) is 5.06. The van der Waals surface area contributed by atoms with Crippen LogP contribution in [-0.2, 0) is 0 Å². The molecule has 4 rings (SSSR count). The maximum atomic E-state index is 12.3. The Bertz CT molecular complexity index is 1180. The molecule has 0 aliphatic heterocycles. The van der Waals surface area contributed by atoms with Gasteiger partial charge in [0.15, 0.2) is 0 Å². The molecule has 148 valence electrons. The molecule has 4 nitrogen and oxygen atoms in total. The second-order valence-electron chi connectivity index (χ2n) is 6.35. The van der Waals surface area contributed by atoms with Crippen molar-refractivity contribution in [1.82, 2.24) is 15.3 Å². The lowest BCUT2D eigenvalue weighted by Crippen LogP contribution is -2.33. The van der Waals surface area contributed by atoms with E-state index in [-0.39, 0.29) is 4.88 Å². The molecule has 0 bridgehead atoms. The van der Waals surface area contributed by atoms with Crippen LogP contribution in [-0.4, -0.2) is 28.6 Å². The van der Waals surface area contributed by atoms with Gasteiger partial charge >= 0.3 is 6.18 Å². The van der Waals surface area contributed by atoms with Crippen molar-refractivity contribution in [3.8, 4) is 22.4 Å². The Morgan fingerprint density at radius 1 is 1.10 bits per heavy atom. The zero-order chi connectivity index (χ0) is 20.6. The molecule has 0 atom stereocenters. The molecule has 2 N–H and O–H groups in total. The molecule has 0 spiro atoms. The van der Waals surface area contributed by atoms with E-state index in [0.717, 1.165) is 39.1 Å². The highest BCUT2D eigenvalue weighted by molar-refractivity contribution is 7.12. The summed E-state index contributed by atoms with van der Waals surface area (Å²) in [5.41, 5.74) is 4.05. The van der Waals surface area contributed by atoms with Crippen molar-refractivity contribution < 1.29 is 18.0 Å². The van der Waals surface area contributed by atoms with Gasteiger partial charge in [-0.05, 0) is 46.8 Å². The van der Waals surface area contributed by atoms with Crippen LogP contribution in [0, 0.1) is 0 Å². The summed E-state index contributed by atoms with van der Waals surface area (Å²) in [6, 6.07) is 12.8. The van der Waals surface area contributed by atoms with E-state index in [0.29, 0.717) is 10.7 Å². The Balaban J connectivity index is 1.58. The maximum absolute atomic E-state index is 12.3. The van der Waals surface area contributed by atoms with Crippen molar-refractivity contribution in [3.05, 3.63) is 63.9 Å². The Morgan fingerprint density at radius 3 is 2.59 bits per heavy atom. The molecule has 4 aromatic rings. The summed E-state index contributed by atoms with van der Waals surface area (Å²) in [5.74, 6) is -0.751. The Morgan fingerprint density at radius 2 is 1.86 bits per heavy atom. The average Bonchev–Trinajstić information content (AvgIpc) is 3.32. The van der Waals surface area contributed by atoms with Crippen LogP contribution in [0.2, 0.25) is 5.02 Å². The van der Waals surface area contributed by atoms with Crippen LogP contribution in [0.15, 0.2) is 54.0 Å². The minimum absolute atomic E-state index is 0.209. The molecule has 0 saturated heterocycles. The van der Waals surface area contributed by atoms with Gasteiger partial charge in [-0.15, -0.1) is 11.3 Å². The summed E-state index contributed by atoms with van der Waals surface area (Å²) < 4.78 is 36.8. The molecule has 0 radical (unpaired) electrons.